The molecule has 0 amide bonds. The van der Waals surface area contributed by atoms with E-state index in [4.69, 9.17) is 4.74 Å². The van der Waals surface area contributed by atoms with E-state index in [0.29, 0.717) is 25.7 Å². The maximum Gasteiger partial charge on any atom is 0.191 e. The van der Waals surface area contributed by atoms with E-state index in [-0.39, 0.29) is 0 Å². The highest BCUT2D eigenvalue weighted by molar-refractivity contribution is 9.10. The Labute approximate surface area is 154 Å². The van der Waals surface area contributed by atoms with E-state index >= 15 is 0 Å². The van der Waals surface area contributed by atoms with Gasteiger partial charge in [-0.15, -0.1) is 10.2 Å². The number of nitrogens with zero attached hydrogens (tertiary/aromatic N) is 4. The summed E-state index contributed by atoms with van der Waals surface area (Å²) in [6, 6.07) is 13.6. The molecule has 2 N–H and O–H groups in total. The van der Waals surface area contributed by atoms with E-state index in [1.165, 1.54) is 0 Å². The van der Waals surface area contributed by atoms with Gasteiger partial charge in [0.15, 0.2) is 17.4 Å². The molecule has 0 saturated heterocycles. The molecule has 0 spiro atoms. The molecule has 130 valence electrons. The number of ether oxygens (including phenoxy) is 1. The third-order valence-corrected chi connectivity index (χ3v) is 3.97. The Hall–Kier alpha value is -2.61. The third kappa shape index (κ3) is 4.69. The number of aromatic nitrogens is 3. The molecule has 1 aromatic carbocycles. The summed E-state index contributed by atoms with van der Waals surface area (Å²) in [4.78, 5) is 4.20. The summed E-state index contributed by atoms with van der Waals surface area (Å²) >= 11 is 3.42. The van der Waals surface area contributed by atoms with E-state index in [1.807, 2.05) is 53.1 Å². The number of hydrogen-bond acceptors (Lipinski definition) is 4. The highest BCUT2D eigenvalue weighted by atomic mass is 79.9. The minimum Gasteiger partial charge on any atom is -0.492 e. The quantitative estimate of drug-likeness (QED) is 0.375. The van der Waals surface area contributed by atoms with Crippen molar-refractivity contribution < 1.29 is 4.74 Å². The number of hydrogen-bond donors (Lipinski definition) is 2. The van der Waals surface area contributed by atoms with Crippen LogP contribution in [0.3, 0.4) is 0 Å². The van der Waals surface area contributed by atoms with Gasteiger partial charge in [-0.2, -0.15) is 0 Å². The minimum absolute atomic E-state index is 0.525. The first-order chi connectivity index (χ1) is 12.3. The van der Waals surface area contributed by atoms with Crippen LogP contribution in [0.2, 0.25) is 0 Å². The van der Waals surface area contributed by atoms with Crippen molar-refractivity contribution >= 4 is 27.5 Å². The largest absolute Gasteiger partial charge is 0.492 e. The Bertz CT molecular complexity index is 863. The van der Waals surface area contributed by atoms with Gasteiger partial charge in [-0.3, -0.25) is 9.39 Å². The average Bonchev–Trinajstić information content (AvgIpc) is 3.04. The van der Waals surface area contributed by atoms with Crippen LogP contribution >= 0.6 is 15.9 Å². The number of pyridine rings is 1. The predicted octanol–water partition coefficient (Wildman–Crippen LogP) is 2.24. The molecule has 0 saturated carbocycles. The van der Waals surface area contributed by atoms with Crippen molar-refractivity contribution in [3.63, 3.8) is 0 Å². The van der Waals surface area contributed by atoms with E-state index < -0.39 is 0 Å². The molecular weight excluding hydrogens is 384 g/mol. The molecule has 0 bridgehead atoms. The summed E-state index contributed by atoms with van der Waals surface area (Å²) < 4.78 is 8.63. The lowest BCUT2D eigenvalue weighted by Gasteiger charge is -2.12. The Balaban J connectivity index is 1.45. The number of fused-ring (bicyclic) bond motifs is 1. The first-order valence-corrected chi connectivity index (χ1v) is 8.67. The normalized spacial score (nSPS) is 11.5. The first kappa shape index (κ1) is 17.2. The molecule has 3 rings (SSSR count). The topological polar surface area (TPSA) is 75.8 Å². The van der Waals surface area contributed by atoms with Gasteiger partial charge in [0.25, 0.3) is 0 Å². The van der Waals surface area contributed by atoms with Gasteiger partial charge in [-0.1, -0.05) is 28.1 Å². The van der Waals surface area contributed by atoms with Crippen molar-refractivity contribution in [2.75, 3.05) is 20.2 Å². The fourth-order valence-electron chi connectivity index (χ4n) is 2.29. The van der Waals surface area contributed by atoms with Gasteiger partial charge in [0.2, 0.25) is 0 Å². The van der Waals surface area contributed by atoms with Crippen LogP contribution in [0.5, 0.6) is 5.75 Å². The molecule has 0 unspecified atom stereocenters. The molecule has 7 nitrogen and oxygen atoms in total. The number of halogens is 1. The molecular formula is C17H19BrN6O. The van der Waals surface area contributed by atoms with Gasteiger partial charge in [-0.05, 0) is 30.3 Å². The highest BCUT2D eigenvalue weighted by Gasteiger charge is 2.05. The number of rotatable bonds is 6. The van der Waals surface area contributed by atoms with Crippen LogP contribution in [-0.2, 0) is 6.54 Å². The highest BCUT2D eigenvalue weighted by Crippen LogP contribution is 2.17. The molecule has 8 heteroatoms. The minimum atomic E-state index is 0.525. The average molecular weight is 403 g/mol. The lowest BCUT2D eigenvalue weighted by molar-refractivity contribution is 0.321. The van der Waals surface area contributed by atoms with Crippen molar-refractivity contribution in [2.45, 2.75) is 6.54 Å². The van der Waals surface area contributed by atoms with Crippen molar-refractivity contribution in [2.24, 2.45) is 4.99 Å². The molecule has 0 atom stereocenters. The van der Waals surface area contributed by atoms with Crippen LogP contribution in [0.1, 0.15) is 5.82 Å². The zero-order chi connectivity index (χ0) is 17.5. The molecule has 0 fully saturated rings. The van der Waals surface area contributed by atoms with Gasteiger partial charge in [-0.25, -0.2) is 0 Å². The molecule has 0 radical (unpaired) electrons. The Morgan fingerprint density at radius 2 is 2.12 bits per heavy atom. The van der Waals surface area contributed by atoms with E-state index in [9.17, 15) is 0 Å². The molecule has 25 heavy (non-hydrogen) atoms. The standard InChI is InChI=1S/C17H19BrN6O/c1-19-17(20-8-10-25-14-6-4-5-13(18)11-14)21-12-16-23-22-15-7-2-3-9-24(15)16/h2-7,9,11H,8,10,12H2,1H3,(H2,19,20,21). The smallest absolute Gasteiger partial charge is 0.191 e. The lowest BCUT2D eigenvalue weighted by atomic mass is 10.3. The molecule has 2 heterocycles. The summed E-state index contributed by atoms with van der Waals surface area (Å²) in [5.41, 5.74) is 0.824. The molecule has 0 aliphatic carbocycles. The van der Waals surface area contributed by atoms with E-state index in [0.717, 1.165) is 21.7 Å². The number of aliphatic imine (C=N–C) groups is 1. The van der Waals surface area contributed by atoms with Gasteiger partial charge in [0, 0.05) is 17.7 Å². The molecule has 2 aromatic heterocycles. The summed E-state index contributed by atoms with van der Waals surface area (Å²) in [7, 11) is 1.73. The second-order valence-electron chi connectivity index (χ2n) is 5.20. The van der Waals surface area contributed by atoms with Crippen molar-refractivity contribution in [1.29, 1.82) is 0 Å². The molecule has 0 aliphatic rings. The number of nitrogens with one attached hydrogen (secondary N) is 2. The first-order valence-electron chi connectivity index (χ1n) is 7.88. The Kier molecular flexibility index (Phi) is 5.84. The van der Waals surface area contributed by atoms with Crippen LogP contribution in [-0.4, -0.2) is 40.8 Å². The van der Waals surface area contributed by atoms with Crippen LogP contribution in [0.4, 0.5) is 0 Å². The van der Waals surface area contributed by atoms with Gasteiger partial charge < -0.3 is 15.4 Å². The predicted molar refractivity (Wildman–Crippen MR) is 101 cm³/mol. The van der Waals surface area contributed by atoms with Crippen LogP contribution < -0.4 is 15.4 Å². The van der Waals surface area contributed by atoms with Crippen molar-refractivity contribution in [3.8, 4) is 5.75 Å². The lowest BCUT2D eigenvalue weighted by Crippen LogP contribution is -2.39. The van der Waals surface area contributed by atoms with E-state index in [1.54, 1.807) is 7.05 Å². The van der Waals surface area contributed by atoms with Crippen LogP contribution in [0.25, 0.3) is 5.65 Å². The fourth-order valence-corrected chi connectivity index (χ4v) is 2.67. The van der Waals surface area contributed by atoms with Gasteiger partial charge >= 0.3 is 0 Å². The summed E-state index contributed by atoms with van der Waals surface area (Å²) in [6.45, 7) is 1.69. The van der Waals surface area contributed by atoms with Gasteiger partial charge in [0.05, 0.1) is 13.1 Å². The second kappa shape index (κ2) is 8.48. The van der Waals surface area contributed by atoms with Crippen LogP contribution in [0.15, 0.2) is 58.1 Å². The van der Waals surface area contributed by atoms with E-state index in [2.05, 4.69) is 41.8 Å². The molecule has 3 aromatic rings. The fraction of sp³-hybridized carbons (Fsp3) is 0.235. The Morgan fingerprint density at radius 1 is 1.20 bits per heavy atom. The van der Waals surface area contributed by atoms with Crippen LogP contribution in [0, 0.1) is 0 Å². The summed E-state index contributed by atoms with van der Waals surface area (Å²) in [6.07, 6.45) is 1.94. The molecule has 0 aliphatic heterocycles. The monoisotopic (exact) mass is 402 g/mol. The maximum absolute atomic E-state index is 5.69. The summed E-state index contributed by atoms with van der Waals surface area (Å²) in [5.74, 6) is 2.34. The third-order valence-electron chi connectivity index (χ3n) is 3.48. The zero-order valence-electron chi connectivity index (χ0n) is 13.8. The summed E-state index contributed by atoms with van der Waals surface area (Å²) in [5, 5.41) is 14.7. The van der Waals surface area contributed by atoms with Crippen molar-refractivity contribution in [3.05, 3.63) is 59.0 Å². The SMILES string of the molecule is CN=C(NCCOc1cccc(Br)c1)NCc1nnc2ccccn12. The van der Waals surface area contributed by atoms with Gasteiger partial charge in [0.1, 0.15) is 12.4 Å². The second-order valence-corrected chi connectivity index (χ2v) is 6.12. The number of guanidine groups is 1. The number of benzene rings is 1. The van der Waals surface area contributed by atoms with Crippen molar-refractivity contribution in [1.82, 2.24) is 25.2 Å². The zero-order valence-corrected chi connectivity index (χ0v) is 15.4. The maximum atomic E-state index is 5.69. The Morgan fingerprint density at radius 3 is 2.96 bits per heavy atom.